The zero-order valence-corrected chi connectivity index (χ0v) is 21.2. The molecule has 0 rings (SSSR count). The van der Waals surface area contributed by atoms with E-state index in [1.165, 1.54) is 34.6 Å². The zero-order valence-electron chi connectivity index (χ0n) is 20.3. The number of Topliss-reactive ketones (excluding diaryl/α,β-unsaturated/α-hetero) is 4. The second kappa shape index (κ2) is 14.2. The summed E-state index contributed by atoms with van der Waals surface area (Å²) < 4.78 is 15.5. The first-order chi connectivity index (χ1) is 15.4. The maximum Gasteiger partial charge on any atom is 0.469 e. The molecular weight excluding hydrogens is 471 g/mol. The van der Waals surface area contributed by atoms with Crippen molar-refractivity contribution in [1.82, 2.24) is 10.6 Å². The third-order valence-corrected chi connectivity index (χ3v) is 5.67. The van der Waals surface area contributed by atoms with Gasteiger partial charge in [0.2, 0.25) is 11.8 Å². The number of amides is 2. The summed E-state index contributed by atoms with van der Waals surface area (Å²) in [5, 5.41) is 4.82. The monoisotopic (exact) mass is 506 g/mol. The van der Waals surface area contributed by atoms with E-state index in [2.05, 4.69) is 15.2 Å². The summed E-state index contributed by atoms with van der Waals surface area (Å²) >= 11 is 0. The quantitative estimate of drug-likeness (QED) is 0.214. The number of phosphoric ester groups is 1. The Morgan fingerprint density at radius 3 is 1.68 bits per heavy atom. The Hall–Kier alpha value is -2.27. The van der Waals surface area contributed by atoms with Crippen LogP contribution in [0.4, 0.5) is 0 Å². The molecule has 0 fully saturated rings. The molecule has 0 spiro atoms. The van der Waals surface area contributed by atoms with Gasteiger partial charge in [0.15, 0.2) is 11.6 Å². The molecule has 0 unspecified atom stereocenters. The Morgan fingerprint density at radius 2 is 1.24 bits per heavy atom. The van der Waals surface area contributed by atoms with E-state index in [0.29, 0.717) is 0 Å². The van der Waals surface area contributed by atoms with Crippen molar-refractivity contribution >= 4 is 42.8 Å². The number of carbonyl (C=O) groups is 6. The van der Waals surface area contributed by atoms with E-state index in [1.54, 1.807) is 6.92 Å². The maximum absolute atomic E-state index is 12.7. The highest BCUT2D eigenvalue weighted by Crippen LogP contribution is 2.36. The molecule has 2 amide bonds. The molecule has 4 N–H and O–H groups in total. The molecule has 13 heteroatoms. The molecule has 34 heavy (non-hydrogen) atoms. The number of carbonyl (C=O) groups excluding carboxylic acids is 6. The van der Waals surface area contributed by atoms with Crippen molar-refractivity contribution in [2.24, 2.45) is 17.8 Å². The van der Waals surface area contributed by atoms with Gasteiger partial charge in [-0.3, -0.25) is 28.5 Å². The predicted molar refractivity (Wildman–Crippen MR) is 120 cm³/mol. The lowest BCUT2D eigenvalue weighted by Gasteiger charge is -2.22. The normalized spacial score (nSPS) is 15.9. The van der Waals surface area contributed by atoms with E-state index in [-0.39, 0.29) is 24.4 Å². The molecule has 194 valence electrons. The molecule has 0 bridgehead atoms. The number of hydrogen-bond acceptors (Lipinski definition) is 8. The largest absolute Gasteiger partial charge is 0.469 e. The van der Waals surface area contributed by atoms with Crippen molar-refractivity contribution < 1.29 is 47.6 Å². The predicted octanol–water partition coefficient (Wildman–Crippen LogP) is 0.480. The molecule has 0 aliphatic carbocycles. The molecule has 0 aromatic carbocycles. The van der Waals surface area contributed by atoms with Crippen LogP contribution in [-0.4, -0.2) is 63.4 Å². The molecule has 0 aromatic rings. The van der Waals surface area contributed by atoms with Crippen LogP contribution in [0.25, 0.3) is 0 Å². The second-order valence-corrected chi connectivity index (χ2v) is 9.84. The molecule has 0 aliphatic heterocycles. The lowest BCUT2D eigenvalue weighted by atomic mass is 9.96. The van der Waals surface area contributed by atoms with E-state index in [9.17, 15) is 33.3 Å². The van der Waals surface area contributed by atoms with Crippen LogP contribution in [0.2, 0.25) is 0 Å². The van der Waals surface area contributed by atoms with Gasteiger partial charge in [0.05, 0.1) is 24.6 Å². The summed E-state index contributed by atoms with van der Waals surface area (Å²) in [4.78, 5) is 90.1. The van der Waals surface area contributed by atoms with Gasteiger partial charge in [0, 0.05) is 31.1 Å². The Kier molecular flexibility index (Phi) is 13.3. The fourth-order valence-electron chi connectivity index (χ4n) is 2.83. The van der Waals surface area contributed by atoms with Gasteiger partial charge in [-0.05, 0) is 27.7 Å². The van der Waals surface area contributed by atoms with Gasteiger partial charge in [0.1, 0.15) is 11.6 Å². The number of nitrogens with one attached hydrogen (secondary N) is 2. The first kappa shape index (κ1) is 31.7. The highest BCUT2D eigenvalue weighted by molar-refractivity contribution is 7.46. The lowest BCUT2D eigenvalue weighted by molar-refractivity contribution is -0.135. The van der Waals surface area contributed by atoms with Gasteiger partial charge < -0.3 is 25.2 Å². The average molecular weight is 506 g/mol. The van der Waals surface area contributed by atoms with Gasteiger partial charge in [-0.2, -0.15) is 0 Å². The molecule has 12 nitrogen and oxygen atoms in total. The third-order valence-electron chi connectivity index (χ3n) is 5.19. The van der Waals surface area contributed by atoms with Crippen molar-refractivity contribution in [2.45, 2.75) is 72.9 Å². The third kappa shape index (κ3) is 12.8. The minimum Gasteiger partial charge on any atom is -0.346 e. The number of rotatable bonds is 16. The maximum atomic E-state index is 12.7. The van der Waals surface area contributed by atoms with Crippen molar-refractivity contribution in [3.63, 3.8) is 0 Å². The summed E-state index contributed by atoms with van der Waals surface area (Å²) in [7, 11) is -4.96. The SMILES string of the molecule is CC(=O)C[C@@H](C)C(=O)N[C@@H](C)C(=O)C[C@@H](COP(=O)(O)O)C(=O)N[C@@H](C)C(=O)C[C@@H](C)C(C)=O. The van der Waals surface area contributed by atoms with E-state index in [0.717, 1.165) is 0 Å². The van der Waals surface area contributed by atoms with Crippen molar-refractivity contribution in [2.75, 3.05) is 6.61 Å². The fraction of sp³-hybridized carbons (Fsp3) is 0.714. The molecular formula is C21H35N2O10P. The minimum absolute atomic E-state index is 0.0118. The van der Waals surface area contributed by atoms with Crippen molar-refractivity contribution in [3.05, 3.63) is 0 Å². The van der Waals surface area contributed by atoms with Crippen LogP contribution >= 0.6 is 7.82 Å². The molecule has 0 saturated heterocycles. The van der Waals surface area contributed by atoms with Crippen LogP contribution in [0.5, 0.6) is 0 Å². The van der Waals surface area contributed by atoms with Crippen molar-refractivity contribution in [1.29, 1.82) is 0 Å². The van der Waals surface area contributed by atoms with Crippen LogP contribution in [0.1, 0.15) is 60.8 Å². The van der Waals surface area contributed by atoms with E-state index in [1.807, 2.05) is 0 Å². The summed E-state index contributed by atoms with van der Waals surface area (Å²) in [5.41, 5.74) is 0. The zero-order chi connectivity index (χ0) is 26.8. The molecule has 0 heterocycles. The van der Waals surface area contributed by atoms with Gasteiger partial charge in [-0.1, -0.05) is 13.8 Å². The Labute approximate surface area is 198 Å². The summed E-state index contributed by atoms with van der Waals surface area (Å²) in [6.45, 7) is 7.69. The number of hydrogen-bond donors (Lipinski definition) is 4. The van der Waals surface area contributed by atoms with Crippen molar-refractivity contribution in [3.8, 4) is 0 Å². The molecule has 0 aliphatic rings. The highest BCUT2D eigenvalue weighted by Gasteiger charge is 2.31. The molecule has 0 aromatic heterocycles. The smallest absolute Gasteiger partial charge is 0.346 e. The molecule has 5 atom stereocenters. The number of ketones is 4. The standard InChI is InChI=1S/C21H35N2O10P/c1-11(16(6)25)8-18(26)14(4)23-21(29)17(10-33-34(30,31)32)9-19(27)15(5)22-20(28)12(2)7-13(3)24/h11-12,14-15,17H,7-10H2,1-6H3,(H,22,28)(H,23,29)(H2,30,31,32)/t11-,12-,14+,15+,17+/m1/s1. The number of phosphoric acid groups is 1. The molecule has 0 radical (unpaired) electrons. The van der Waals surface area contributed by atoms with Crippen LogP contribution < -0.4 is 10.6 Å². The molecule has 0 saturated carbocycles. The Morgan fingerprint density at radius 1 is 0.765 bits per heavy atom. The highest BCUT2D eigenvalue weighted by atomic mass is 31.2. The van der Waals surface area contributed by atoms with E-state index < -0.39 is 74.1 Å². The first-order valence-electron chi connectivity index (χ1n) is 10.8. The summed E-state index contributed by atoms with van der Waals surface area (Å²) in [5.74, 6) is -5.43. The van der Waals surface area contributed by atoms with Crippen LogP contribution in [-0.2, 0) is 37.9 Å². The Balaban J connectivity index is 5.26. The van der Waals surface area contributed by atoms with Crippen LogP contribution in [0.15, 0.2) is 0 Å². The first-order valence-corrected chi connectivity index (χ1v) is 12.3. The fourth-order valence-corrected chi connectivity index (χ4v) is 3.20. The lowest BCUT2D eigenvalue weighted by Crippen LogP contribution is -2.46. The van der Waals surface area contributed by atoms with E-state index in [4.69, 9.17) is 9.79 Å². The summed E-state index contributed by atoms with van der Waals surface area (Å²) in [6, 6.07) is -2.07. The van der Waals surface area contributed by atoms with Gasteiger partial charge in [0.25, 0.3) is 0 Å². The van der Waals surface area contributed by atoms with Gasteiger partial charge in [-0.15, -0.1) is 0 Å². The van der Waals surface area contributed by atoms with E-state index >= 15 is 0 Å². The second-order valence-electron chi connectivity index (χ2n) is 8.60. The average Bonchev–Trinajstić information content (AvgIpc) is 2.68. The minimum atomic E-state index is -4.96. The van der Waals surface area contributed by atoms with Gasteiger partial charge >= 0.3 is 7.82 Å². The topological polar surface area (TPSA) is 193 Å². The summed E-state index contributed by atoms with van der Waals surface area (Å²) in [6.07, 6.45) is -0.665. The van der Waals surface area contributed by atoms with Crippen LogP contribution in [0.3, 0.4) is 0 Å². The van der Waals surface area contributed by atoms with Gasteiger partial charge in [-0.25, -0.2) is 4.57 Å². The van der Waals surface area contributed by atoms with Crippen LogP contribution in [0, 0.1) is 17.8 Å². The Bertz CT molecular complexity index is 837.